The molecular weight excluding hydrogens is 430 g/mol. The van der Waals surface area contributed by atoms with Gasteiger partial charge in [-0.2, -0.15) is 0 Å². The maximum Gasteiger partial charge on any atom is 0.174 e. The van der Waals surface area contributed by atoms with Crippen molar-refractivity contribution in [2.24, 2.45) is 0 Å². The van der Waals surface area contributed by atoms with Crippen LogP contribution in [0.15, 0.2) is 79.1 Å². The average Bonchev–Trinajstić information content (AvgIpc) is 3.35. The van der Waals surface area contributed by atoms with E-state index in [4.69, 9.17) is 17.0 Å². The SMILES string of the molecule is COc1cccc(N2C(=S)N[C@@H](c3ccccn3)[C@H]2c2cc(C)n(-c3ccccn3)c2C)c1. The van der Waals surface area contributed by atoms with Gasteiger partial charge >= 0.3 is 0 Å². The number of anilines is 1. The molecule has 0 saturated carbocycles. The fourth-order valence-electron chi connectivity index (χ4n) is 4.63. The number of hydrogen-bond donors (Lipinski definition) is 1. The van der Waals surface area contributed by atoms with Crippen molar-refractivity contribution < 1.29 is 4.74 Å². The molecule has 1 N–H and O–H groups in total. The van der Waals surface area contributed by atoms with Gasteiger partial charge < -0.3 is 19.5 Å². The first-order chi connectivity index (χ1) is 16.1. The number of benzene rings is 1. The summed E-state index contributed by atoms with van der Waals surface area (Å²) in [6.07, 6.45) is 3.64. The minimum atomic E-state index is -0.109. The quantitative estimate of drug-likeness (QED) is 0.424. The topological polar surface area (TPSA) is 55.2 Å². The van der Waals surface area contributed by atoms with Crippen LogP contribution in [0, 0.1) is 13.8 Å². The van der Waals surface area contributed by atoms with Gasteiger partial charge in [-0.3, -0.25) is 4.98 Å². The summed E-state index contributed by atoms with van der Waals surface area (Å²) in [5.41, 5.74) is 5.32. The van der Waals surface area contributed by atoms with Crippen molar-refractivity contribution in [1.29, 1.82) is 0 Å². The molecule has 2 atom stereocenters. The number of nitrogens with zero attached hydrogens (tertiary/aromatic N) is 4. The van der Waals surface area contributed by atoms with Gasteiger partial charge in [0.15, 0.2) is 5.11 Å². The van der Waals surface area contributed by atoms with Crippen LogP contribution in [0.5, 0.6) is 5.75 Å². The molecule has 1 aromatic carbocycles. The van der Waals surface area contributed by atoms with Crippen LogP contribution < -0.4 is 15.0 Å². The first-order valence-corrected chi connectivity index (χ1v) is 11.2. The van der Waals surface area contributed by atoms with E-state index in [1.165, 1.54) is 5.56 Å². The predicted molar refractivity (Wildman–Crippen MR) is 134 cm³/mol. The Balaban J connectivity index is 1.68. The van der Waals surface area contributed by atoms with Crippen molar-refractivity contribution in [3.05, 3.63) is 102 Å². The molecule has 0 aliphatic carbocycles. The van der Waals surface area contributed by atoms with Gasteiger partial charge in [0.05, 0.1) is 24.9 Å². The van der Waals surface area contributed by atoms with Crippen molar-refractivity contribution in [1.82, 2.24) is 19.9 Å². The number of ether oxygens (including phenoxy) is 1. The number of aromatic nitrogens is 3. The fourth-order valence-corrected chi connectivity index (χ4v) is 4.98. The van der Waals surface area contributed by atoms with Crippen LogP contribution in [-0.4, -0.2) is 26.8 Å². The lowest BCUT2D eigenvalue weighted by Crippen LogP contribution is -2.29. The molecule has 4 heterocycles. The molecule has 0 amide bonds. The maximum atomic E-state index is 5.86. The number of hydrogen-bond acceptors (Lipinski definition) is 4. The smallest absolute Gasteiger partial charge is 0.174 e. The molecule has 5 rings (SSSR count). The highest BCUT2D eigenvalue weighted by Gasteiger charge is 2.42. The number of rotatable bonds is 5. The average molecular weight is 456 g/mol. The van der Waals surface area contributed by atoms with Gasteiger partial charge in [0.2, 0.25) is 0 Å². The molecule has 7 heteroatoms. The molecule has 0 spiro atoms. The van der Waals surface area contributed by atoms with Gasteiger partial charge in [0.1, 0.15) is 11.6 Å². The van der Waals surface area contributed by atoms with E-state index >= 15 is 0 Å². The Morgan fingerprint density at radius 1 is 0.939 bits per heavy atom. The highest BCUT2D eigenvalue weighted by atomic mass is 32.1. The summed E-state index contributed by atoms with van der Waals surface area (Å²) in [7, 11) is 1.67. The second kappa shape index (κ2) is 8.67. The number of thiocarbonyl (C=S) groups is 1. The molecule has 0 radical (unpaired) electrons. The highest BCUT2D eigenvalue weighted by Crippen LogP contribution is 2.44. The summed E-state index contributed by atoms with van der Waals surface area (Å²) in [6.45, 7) is 4.25. The lowest BCUT2D eigenvalue weighted by Gasteiger charge is -2.28. The zero-order valence-electron chi connectivity index (χ0n) is 18.8. The van der Waals surface area contributed by atoms with Gasteiger partial charge in [-0.25, -0.2) is 4.98 Å². The van der Waals surface area contributed by atoms with Gasteiger partial charge in [-0.05, 0) is 74.1 Å². The second-order valence-corrected chi connectivity index (χ2v) is 8.43. The summed E-state index contributed by atoms with van der Waals surface area (Å²) < 4.78 is 7.68. The Morgan fingerprint density at radius 3 is 2.42 bits per heavy atom. The third-order valence-electron chi connectivity index (χ3n) is 6.10. The summed E-state index contributed by atoms with van der Waals surface area (Å²) >= 11 is 5.86. The monoisotopic (exact) mass is 455 g/mol. The minimum absolute atomic E-state index is 0.0943. The van der Waals surface area contributed by atoms with Crippen LogP contribution in [0.3, 0.4) is 0 Å². The van der Waals surface area contributed by atoms with E-state index < -0.39 is 0 Å². The predicted octanol–water partition coefficient (Wildman–Crippen LogP) is 5.07. The summed E-state index contributed by atoms with van der Waals surface area (Å²) in [6, 6.07) is 22.0. The molecule has 1 fully saturated rings. The zero-order chi connectivity index (χ0) is 22.9. The van der Waals surface area contributed by atoms with E-state index in [2.05, 4.69) is 50.7 Å². The molecular formula is C26H25N5OS. The van der Waals surface area contributed by atoms with E-state index in [9.17, 15) is 0 Å². The van der Waals surface area contributed by atoms with Crippen LogP contribution in [0.1, 0.15) is 34.7 Å². The molecule has 0 bridgehead atoms. The summed E-state index contributed by atoms with van der Waals surface area (Å²) in [5.74, 6) is 1.68. The number of aryl methyl sites for hydroxylation is 1. The molecule has 3 aromatic heterocycles. The largest absolute Gasteiger partial charge is 0.497 e. The normalized spacial score (nSPS) is 17.8. The Morgan fingerprint density at radius 2 is 1.73 bits per heavy atom. The molecule has 0 unspecified atom stereocenters. The number of methoxy groups -OCH3 is 1. The van der Waals surface area contributed by atoms with E-state index in [-0.39, 0.29) is 12.1 Å². The Bertz CT molecular complexity index is 1290. The minimum Gasteiger partial charge on any atom is -0.497 e. The van der Waals surface area contributed by atoms with Crippen molar-refractivity contribution >= 4 is 23.0 Å². The number of nitrogens with one attached hydrogen (secondary N) is 1. The highest BCUT2D eigenvalue weighted by molar-refractivity contribution is 7.80. The lowest BCUT2D eigenvalue weighted by molar-refractivity contribution is 0.415. The van der Waals surface area contributed by atoms with E-state index in [0.29, 0.717) is 5.11 Å². The molecule has 166 valence electrons. The van der Waals surface area contributed by atoms with Gasteiger partial charge in [0, 0.05) is 35.5 Å². The second-order valence-electron chi connectivity index (χ2n) is 8.05. The Hall–Kier alpha value is -3.71. The van der Waals surface area contributed by atoms with Crippen LogP contribution in [-0.2, 0) is 0 Å². The van der Waals surface area contributed by atoms with Gasteiger partial charge in [0.25, 0.3) is 0 Å². The molecule has 4 aromatic rings. The maximum absolute atomic E-state index is 5.86. The van der Waals surface area contributed by atoms with Crippen molar-refractivity contribution in [2.45, 2.75) is 25.9 Å². The van der Waals surface area contributed by atoms with Crippen LogP contribution >= 0.6 is 12.2 Å². The van der Waals surface area contributed by atoms with Gasteiger partial charge in [-0.1, -0.05) is 18.2 Å². The Labute approximate surface area is 198 Å². The van der Waals surface area contributed by atoms with Crippen LogP contribution in [0.25, 0.3) is 5.82 Å². The fraction of sp³-hybridized carbons (Fsp3) is 0.192. The third kappa shape index (κ3) is 3.74. The first-order valence-electron chi connectivity index (χ1n) is 10.8. The molecule has 1 aliphatic heterocycles. The third-order valence-corrected chi connectivity index (χ3v) is 6.41. The zero-order valence-corrected chi connectivity index (χ0v) is 19.6. The van der Waals surface area contributed by atoms with E-state index in [1.807, 2.05) is 67.0 Å². The van der Waals surface area contributed by atoms with Crippen molar-refractivity contribution in [3.63, 3.8) is 0 Å². The van der Waals surface area contributed by atoms with Crippen LogP contribution in [0.2, 0.25) is 0 Å². The molecule has 1 saturated heterocycles. The van der Waals surface area contributed by atoms with Crippen molar-refractivity contribution in [3.8, 4) is 11.6 Å². The van der Waals surface area contributed by atoms with E-state index in [0.717, 1.165) is 34.3 Å². The lowest BCUT2D eigenvalue weighted by atomic mass is 9.96. The Kier molecular flexibility index (Phi) is 5.56. The molecule has 33 heavy (non-hydrogen) atoms. The standard InChI is InChI=1S/C26H25N5OS/c1-17-15-21(18(2)30(17)23-12-5-7-14-28-23)25-24(22-11-4-6-13-27-22)29-26(33)31(25)19-9-8-10-20(16-19)32-3/h4-16,24-25H,1-3H3,(H,29,33)/t24-,25+/m0/s1. The van der Waals surface area contributed by atoms with Crippen molar-refractivity contribution in [2.75, 3.05) is 12.0 Å². The summed E-state index contributed by atoms with van der Waals surface area (Å²) in [4.78, 5) is 11.4. The molecule has 1 aliphatic rings. The summed E-state index contributed by atoms with van der Waals surface area (Å²) in [5, 5.41) is 4.19. The van der Waals surface area contributed by atoms with Gasteiger partial charge in [-0.15, -0.1) is 0 Å². The number of pyridine rings is 2. The first kappa shape index (κ1) is 21.2. The van der Waals surface area contributed by atoms with E-state index in [1.54, 1.807) is 7.11 Å². The molecule has 6 nitrogen and oxygen atoms in total. The van der Waals surface area contributed by atoms with Crippen LogP contribution in [0.4, 0.5) is 5.69 Å².